The molecule has 0 aliphatic heterocycles. The van der Waals surface area contributed by atoms with Gasteiger partial charge in [0.15, 0.2) is 0 Å². The van der Waals surface area contributed by atoms with Crippen molar-refractivity contribution in [1.29, 1.82) is 0 Å². The van der Waals surface area contributed by atoms with Crippen LogP contribution in [0.15, 0.2) is 12.2 Å². The number of rotatable bonds is 1. The van der Waals surface area contributed by atoms with E-state index in [4.69, 9.17) is 0 Å². The van der Waals surface area contributed by atoms with Gasteiger partial charge in [0, 0.05) is 5.41 Å². The van der Waals surface area contributed by atoms with Gasteiger partial charge in [-0.05, 0) is 25.2 Å². The van der Waals surface area contributed by atoms with Crippen LogP contribution in [0.5, 0.6) is 0 Å². The summed E-state index contributed by atoms with van der Waals surface area (Å²) in [5.41, 5.74) is 0.442. The van der Waals surface area contributed by atoms with Crippen molar-refractivity contribution in [1.82, 2.24) is 0 Å². The van der Waals surface area contributed by atoms with Crippen molar-refractivity contribution in [2.75, 3.05) is 0 Å². The molecule has 0 amide bonds. The Hall–Kier alpha value is -0.790. The highest BCUT2D eigenvalue weighted by Gasteiger charge is 2.63. The highest BCUT2D eigenvalue weighted by molar-refractivity contribution is 5.78. The van der Waals surface area contributed by atoms with Crippen LogP contribution < -0.4 is 0 Å². The maximum absolute atomic E-state index is 11.3. The Bertz CT molecular complexity index is 290. The average molecular weight is 180 g/mol. The summed E-state index contributed by atoms with van der Waals surface area (Å²) >= 11 is 0. The molecular formula is C11H16O2. The number of carboxylic acids is 1. The molecule has 2 nitrogen and oxygen atoms in total. The molecule has 2 fully saturated rings. The van der Waals surface area contributed by atoms with Gasteiger partial charge >= 0.3 is 5.97 Å². The summed E-state index contributed by atoms with van der Waals surface area (Å²) in [5.74, 6) is -0.162. The van der Waals surface area contributed by atoms with Gasteiger partial charge < -0.3 is 5.11 Å². The summed E-state index contributed by atoms with van der Waals surface area (Å²) in [6.45, 7) is 8.11. The molecule has 0 spiro atoms. The smallest absolute Gasteiger partial charge is 0.310 e. The molecular weight excluding hydrogens is 164 g/mol. The van der Waals surface area contributed by atoms with Crippen molar-refractivity contribution in [2.45, 2.75) is 33.1 Å². The van der Waals surface area contributed by atoms with E-state index in [9.17, 15) is 9.90 Å². The molecule has 2 aliphatic rings. The van der Waals surface area contributed by atoms with Crippen LogP contribution in [0.1, 0.15) is 33.1 Å². The fourth-order valence-corrected chi connectivity index (χ4v) is 3.19. The highest BCUT2D eigenvalue weighted by Crippen LogP contribution is 2.66. The number of allylic oxidation sites excluding steroid dienone is 1. The second-order valence-electron chi connectivity index (χ2n) is 4.98. The number of aliphatic carboxylic acids is 1. The first kappa shape index (κ1) is 8.79. The van der Waals surface area contributed by atoms with Gasteiger partial charge in [-0.1, -0.05) is 26.0 Å². The molecule has 1 N–H and O–H groups in total. The lowest BCUT2D eigenvalue weighted by Crippen LogP contribution is -2.41. The van der Waals surface area contributed by atoms with E-state index in [-0.39, 0.29) is 5.41 Å². The molecule has 0 aromatic rings. The van der Waals surface area contributed by atoms with Gasteiger partial charge in [-0.15, -0.1) is 0 Å². The molecule has 0 unspecified atom stereocenters. The van der Waals surface area contributed by atoms with Crippen molar-refractivity contribution in [3.05, 3.63) is 12.2 Å². The first-order valence-electron chi connectivity index (χ1n) is 4.84. The van der Waals surface area contributed by atoms with Crippen LogP contribution in [0.2, 0.25) is 0 Å². The van der Waals surface area contributed by atoms with Gasteiger partial charge in [-0.25, -0.2) is 0 Å². The molecule has 2 bridgehead atoms. The van der Waals surface area contributed by atoms with Crippen LogP contribution in [0.25, 0.3) is 0 Å². The summed E-state index contributed by atoms with van der Waals surface area (Å²) < 4.78 is 0. The lowest BCUT2D eigenvalue weighted by molar-refractivity contribution is -0.153. The highest BCUT2D eigenvalue weighted by atomic mass is 16.4. The normalized spacial score (nSPS) is 41.1. The van der Waals surface area contributed by atoms with Gasteiger partial charge in [0.05, 0.1) is 5.41 Å². The second kappa shape index (κ2) is 2.17. The summed E-state index contributed by atoms with van der Waals surface area (Å²) in [6.07, 6.45) is 2.67. The van der Waals surface area contributed by atoms with E-state index in [0.717, 1.165) is 24.8 Å². The molecule has 0 radical (unpaired) electrons. The zero-order chi connectivity index (χ0) is 9.85. The Morgan fingerprint density at radius 1 is 1.62 bits per heavy atom. The molecule has 72 valence electrons. The molecule has 2 atom stereocenters. The first-order valence-corrected chi connectivity index (χ1v) is 4.84. The lowest BCUT2D eigenvalue weighted by Gasteiger charge is -2.39. The van der Waals surface area contributed by atoms with Gasteiger partial charge in [-0.2, -0.15) is 0 Å². The van der Waals surface area contributed by atoms with Crippen LogP contribution in [-0.2, 0) is 4.79 Å². The number of carbonyl (C=O) groups is 1. The van der Waals surface area contributed by atoms with E-state index < -0.39 is 11.4 Å². The van der Waals surface area contributed by atoms with Crippen molar-refractivity contribution < 1.29 is 9.90 Å². The Balaban J connectivity index is 2.50. The molecule has 2 heteroatoms. The molecule has 0 saturated heterocycles. The topological polar surface area (TPSA) is 37.3 Å². The zero-order valence-corrected chi connectivity index (χ0v) is 8.26. The second-order valence-corrected chi connectivity index (χ2v) is 4.98. The minimum Gasteiger partial charge on any atom is -0.481 e. The number of hydrogen-bond donors (Lipinski definition) is 1. The Morgan fingerprint density at radius 3 is 2.54 bits per heavy atom. The van der Waals surface area contributed by atoms with Gasteiger partial charge in [-0.3, -0.25) is 4.79 Å². The molecule has 2 saturated carbocycles. The summed E-state index contributed by atoms with van der Waals surface area (Å²) in [4.78, 5) is 11.3. The average Bonchev–Trinajstić information content (AvgIpc) is 2.53. The van der Waals surface area contributed by atoms with E-state index >= 15 is 0 Å². The van der Waals surface area contributed by atoms with Crippen LogP contribution in [0.4, 0.5) is 0 Å². The van der Waals surface area contributed by atoms with Gasteiger partial charge in [0.2, 0.25) is 0 Å². The predicted molar refractivity (Wildman–Crippen MR) is 50.3 cm³/mol. The third-order valence-electron chi connectivity index (χ3n) is 4.42. The van der Waals surface area contributed by atoms with Crippen molar-refractivity contribution in [3.8, 4) is 0 Å². The molecule has 2 aliphatic carbocycles. The van der Waals surface area contributed by atoms with Crippen LogP contribution in [0, 0.1) is 16.7 Å². The number of carboxylic acid groups (broad SMARTS) is 1. The molecule has 0 aromatic carbocycles. The lowest BCUT2D eigenvalue weighted by atomic mass is 9.63. The third-order valence-corrected chi connectivity index (χ3v) is 4.42. The maximum Gasteiger partial charge on any atom is 0.310 e. The molecule has 0 aromatic heterocycles. The minimum atomic E-state index is -0.626. The van der Waals surface area contributed by atoms with Crippen molar-refractivity contribution >= 4 is 5.97 Å². The quantitative estimate of drug-likeness (QED) is 0.629. The van der Waals surface area contributed by atoms with E-state index in [1.165, 1.54) is 0 Å². The van der Waals surface area contributed by atoms with E-state index in [1.54, 1.807) is 0 Å². The predicted octanol–water partition coefficient (Wildman–Crippen LogP) is 2.45. The number of fused-ring (bicyclic) bond motifs is 2. The first-order chi connectivity index (χ1) is 5.92. The minimum absolute atomic E-state index is 0.207. The SMILES string of the molecule is C=C1[C@H]2CC[C@](C(=O)O)(C2)C1(C)C. The number of hydrogen-bond acceptors (Lipinski definition) is 1. The van der Waals surface area contributed by atoms with Crippen LogP contribution in [0.3, 0.4) is 0 Å². The molecule has 2 rings (SSSR count). The fourth-order valence-electron chi connectivity index (χ4n) is 3.19. The van der Waals surface area contributed by atoms with Gasteiger partial charge in [0.25, 0.3) is 0 Å². The monoisotopic (exact) mass is 180 g/mol. The molecule has 13 heavy (non-hydrogen) atoms. The van der Waals surface area contributed by atoms with E-state index in [0.29, 0.717) is 5.92 Å². The third kappa shape index (κ3) is 0.767. The van der Waals surface area contributed by atoms with Crippen molar-refractivity contribution in [2.24, 2.45) is 16.7 Å². The summed E-state index contributed by atoms with van der Waals surface area (Å²) in [5, 5.41) is 9.30. The van der Waals surface area contributed by atoms with Crippen LogP contribution >= 0.6 is 0 Å². The Labute approximate surface area is 78.6 Å². The summed E-state index contributed by atoms with van der Waals surface area (Å²) in [6, 6.07) is 0. The largest absolute Gasteiger partial charge is 0.481 e. The Kier molecular flexibility index (Phi) is 1.47. The van der Waals surface area contributed by atoms with Crippen molar-refractivity contribution in [3.63, 3.8) is 0 Å². The van der Waals surface area contributed by atoms with E-state index in [2.05, 4.69) is 6.58 Å². The zero-order valence-electron chi connectivity index (χ0n) is 8.26. The Morgan fingerprint density at radius 2 is 2.23 bits per heavy atom. The standard InChI is InChI=1S/C11H16O2/c1-7-8-4-5-11(6-8,9(12)13)10(7,2)3/h8H,1,4-6H2,2-3H3,(H,12,13)/t8-,11+/m0/s1. The van der Waals surface area contributed by atoms with Crippen LogP contribution in [-0.4, -0.2) is 11.1 Å². The fraction of sp³-hybridized carbons (Fsp3) is 0.727. The molecule has 0 heterocycles. The summed E-state index contributed by atoms with van der Waals surface area (Å²) in [7, 11) is 0. The van der Waals surface area contributed by atoms with Gasteiger partial charge in [0.1, 0.15) is 0 Å². The van der Waals surface area contributed by atoms with E-state index in [1.807, 2.05) is 13.8 Å². The maximum atomic E-state index is 11.3.